The van der Waals surface area contributed by atoms with Gasteiger partial charge in [0.15, 0.2) is 14.1 Å². The van der Waals surface area contributed by atoms with E-state index in [-0.39, 0.29) is 28.3 Å². The quantitative estimate of drug-likeness (QED) is 0.327. The summed E-state index contributed by atoms with van der Waals surface area (Å²) in [6, 6.07) is -0.226. The molecule has 0 amide bonds. The molecule has 2 atom stereocenters. The van der Waals surface area contributed by atoms with Crippen LogP contribution in [-0.2, 0) is 4.43 Å². The smallest absolute Gasteiger partial charge is 0.237 e. The Hall–Kier alpha value is -0.493. The minimum Gasteiger partial charge on any atom is -0.491 e. The zero-order valence-corrected chi connectivity index (χ0v) is 21.8. The van der Waals surface area contributed by atoms with Gasteiger partial charge in [0.25, 0.3) is 0 Å². The largest absolute Gasteiger partial charge is 0.491 e. The Bertz CT molecular complexity index is 820. The summed E-state index contributed by atoms with van der Waals surface area (Å²) in [6.07, 6.45) is 0.707. The van der Waals surface area contributed by atoms with E-state index in [1.165, 1.54) is 7.11 Å². The van der Waals surface area contributed by atoms with E-state index in [0.717, 1.165) is 5.69 Å². The monoisotopic (exact) mass is 537 g/mol. The summed E-state index contributed by atoms with van der Waals surface area (Å²) in [5.41, 5.74) is 7.72. The van der Waals surface area contributed by atoms with Crippen LogP contribution < -0.4 is 21.2 Å². The Morgan fingerprint density at radius 2 is 2.04 bits per heavy atom. The molecule has 1 aromatic heterocycles. The average molecular weight is 538 g/mol. The molecule has 0 spiro atoms. The van der Waals surface area contributed by atoms with Crippen LogP contribution in [0.2, 0.25) is 18.1 Å². The molecule has 0 saturated carbocycles. The first-order valence-electron chi connectivity index (χ1n) is 9.57. The van der Waals surface area contributed by atoms with Gasteiger partial charge in [-0.05, 0) is 54.1 Å². The number of hydrogen-bond donors (Lipinski definition) is 2. The van der Waals surface area contributed by atoms with Crippen molar-refractivity contribution in [3.8, 4) is 5.75 Å². The highest BCUT2D eigenvalue weighted by molar-refractivity contribution is 14.1. The number of thiocarbonyl (C=S) groups is 1. The molecule has 0 aromatic carbocycles. The van der Waals surface area contributed by atoms with Gasteiger partial charge in [0.2, 0.25) is 5.43 Å². The molecule has 1 unspecified atom stereocenters. The highest BCUT2D eigenvalue weighted by Crippen LogP contribution is 2.41. The Morgan fingerprint density at radius 1 is 1.43 bits per heavy atom. The number of ether oxygens (including phenoxy) is 1. The van der Waals surface area contributed by atoms with Crippen LogP contribution in [0.25, 0.3) is 0 Å². The molecule has 1 aromatic rings. The second-order valence-electron chi connectivity index (χ2n) is 8.71. The van der Waals surface area contributed by atoms with Crippen molar-refractivity contribution in [3.63, 3.8) is 0 Å². The van der Waals surface area contributed by atoms with Gasteiger partial charge >= 0.3 is 0 Å². The van der Waals surface area contributed by atoms with Crippen LogP contribution in [0.15, 0.2) is 4.79 Å². The van der Waals surface area contributed by atoms with Crippen LogP contribution in [0.1, 0.15) is 57.6 Å². The molecule has 2 rings (SSSR count). The lowest BCUT2D eigenvalue weighted by molar-refractivity contribution is 0.229. The van der Waals surface area contributed by atoms with Crippen molar-refractivity contribution in [1.29, 1.82) is 0 Å². The number of aromatic nitrogens is 1. The lowest BCUT2D eigenvalue weighted by Gasteiger charge is -2.37. The van der Waals surface area contributed by atoms with Gasteiger partial charge in [-0.25, -0.2) is 0 Å². The fourth-order valence-corrected chi connectivity index (χ4v) is 5.48. The first-order chi connectivity index (χ1) is 12.9. The normalized spacial score (nSPS) is 19.5. The number of nitrogens with two attached hydrogens (primary N) is 1. The number of halogens is 1. The van der Waals surface area contributed by atoms with Gasteiger partial charge in [-0.2, -0.15) is 0 Å². The second kappa shape index (κ2) is 8.71. The van der Waals surface area contributed by atoms with E-state index >= 15 is 0 Å². The molecule has 9 heteroatoms. The first-order valence-corrected chi connectivity index (χ1v) is 14.0. The highest BCUT2D eigenvalue weighted by Gasteiger charge is 2.41. The number of rotatable bonds is 6. The van der Waals surface area contributed by atoms with Crippen LogP contribution in [0.5, 0.6) is 5.75 Å². The molecule has 0 bridgehead atoms. The zero-order valence-electron chi connectivity index (χ0n) is 17.8. The second-order valence-corrected chi connectivity index (χ2v) is 15.0. The summed E-state index contributed by atoms with van der Waals surface area (Å²) in [7, 11) is -0.412. The Balaban J connectivity index is 2.58. The van der Waals surface area contributed by atoms with E-state index in [9.17, 15) is 4.79 Å². The summed E-state index contributed by atoms with van der Waals surface area (Å²) in [4.78, 5) is 13.4. The van der Waals surface area contributed by atoms with E-state index in [2.05, 4.69) is 66.3 Å². The molecule has 158 valence electrons. The van der Waals surface area contributed by atoms with Crippen molar-refractivity contribution >= 4 is 48.1 Å². The minimum atomic E-state index is -1.92. The number of nitrogens with one attached hydrogen (secondary N) is 1. The Morgan fingerprint density at radius 3 is 2.54 bits per heavy atom. The van der Waals surface area contributed by atoms with Crippen molar-refractivity contribution in [2.24, 2.45) is 5.73 Å². The molecule has 28 heavy (non-hydrogen) atoms. The number of hydrogen-bond acceptors (Lipinski definition) is 5. The van der Waals surface area contributed by atoms with Crippen molar-refractivity contribution in [3.05, 3.63) is 25.2 Å². The molecule has 1 aliphatic heterocycles. The number of fused-ring (bicyclic) bond motifs is 1. The fourth-order valence-electron chi connectivity index (χ4n) is 3.20. The van der Waals surface area contributed by atoms with E-state index in [1.807, 2.05) is 6.92 Å². The summed E-state index contributed by atoms with van der Waals surface area (Å²) in [6.45, 7) is 14.3. The first kappa shape index (κ1) is 23.8. The van der Waals surface area contributed by atoms with Crippen LogP contribution in [0.4, 0.5) is 0 Å². The third-order valence-electron chi connectivity index (χ3n) is 5.79. The van der Waals surface area contributed by atoms with Crippen LogP contribution in [0, 0.1) is 3.57 Å². The zero-order chi connectivity index (χ0) is 21.4. The van der Waals surface area contributed by atoms with Crippen molar-refractivity contribution in [2.45, 2.75) is 64.3 Å². The summed E-state index contributed by atoms with van der Waals surface area (Å²) >= 11 is 7.67. The summed E-state index contributed by atoms with van der Waals surface area (Å²) < 4.78 is 14.7. The predicted octanol–water partition coefficient (Wildman–Crippen LogP) is 3.71. The molecule has 0 fully saturated rings. The van der Waals surface area contributed by atoms with Gasteiger partial charge in [0.05, 0.1) is 29.0 Å². The predicted molar refractivity (Wildman–Crippen MR) is 129 cm³/mol. The van der Waals surface area contributed by atoms with Gasteiger partial charge in [-0.3, -0.25) is 4.79 Å². The maximum Gasteiger partial charge on any atom is 0.237 e. The standard InChI is InChI=1S/C19H32IN3O3SSi/c1-8-22-18(27)15-17(25-5)16(24)13(20)14-12(21)9-11(23(14)15)10-26-28(6,7)19(2,3)4/h11-12H,8-10,21H2,1-7H3,(H,22,27)/t11-,12?/m0/s1. The molecule has 0 radical (unpaired) electrons. The molecule has 3 N–H and O–H groups in total. The number of pyridine rings is 1. The van der Waals surface area contributed by atoms with E-state index in [0.29, 0.717) is 33.8 Å². The van der Waals surface area contributed by atoms with E-state index in [1.54, 1.807) is 0 Å². The summed E-state index contributed by atoms with van der Waals surface area (Å²) in [5.74, 6) is 0.269. The van der Waals surface area contributed by atoms with Crippen LogP contribution in [0.3, 0.4) is 0 Å². The van der Waals surface area contributed by atoms with Crippen molar-refractivity contribution in [1.82, 2.24) is 9.88 Å². The Labute approximate surface area is 187 Å². The van der Waals surface area contributed by atoms with E-state index < -0.39 is 8.32 Å². The molecule has 1 aliphatic rings. The van der Waals surface area contributed by atoms with Crippen molar-refractivity contribution < 1.29 is 9.16 Å². The maximum absolute atomic E-state index is 12.9. The van der Waals surface area contributed by atoms with Gasteiger partial charge in [-0.15, -0.1) is 0 Å². The van der Waals surface area contributed by atoms with Crippen LogP contribution in [-0.4, -0.2) is 38.1 Å². The lowest BCUT2D eigenvalue weighted by atomic mass is 10.1. The SMILES string of the molecule is CCNC(=S)c1c(OC)c(=O)c(I)c2n1[C@H](CO[Si](C)(C)C(C)(C)C)CC2N. The lowest BCUT2D eigenvalue weighted by Crippen LogP contribution is -2.42. The summed E-state index contributed by atoms with van der Waals surface area (Å²) in [5, 5.41) is 3.28. The molecular weight excluding hydrogens is 505 g/mol. The molecular formula is C19H32IN3O3SSi. The third kappa shape index (κ3) is 4.33. The highest BCUT2D eigenvalue weighted by atomic mass is 127. The van der Waals surface area contributed by atoms with E-state index in [4.69, 9.17) is 27.1 Å². The fraction of sp³-hybridized carbons (Fsp3) is 0.684. The average Bonchev–Trinajstić information content (AvgIpc) is 2.91. The van der Waals surface area contributed by atoms with Gasteiger partial charge in [0, 0.05) is 12.6 Å². The number of nitrogens with zero attached hydrogens (tertiary/aromatic N) is 1. The van der Waals surface area contributed by atoms with Gasteiger partial charge in [-0.1, -0.05) is 33.0 Å². The molecule has 2 heterocycles. The van der Waals surface area contributed by atoms with Gasteiger partial charge < -0.3 is 24.8 Å². The topological polar surface area (TPSA) is 78.5 Å². The Kier molecular flexibility index (Phi) is 7.39. The van der Waals surface area contributed by atoms with Crippen LogP contribution >= 0.6 is 34.8 Å². The number of methoxy groups -OCH3 is 1. The van der Waals surface area contributed by atoms with Gasteiger partial charge in [0.1, 0.15) is 10.7 Å². The third-order valence-corrected chi connectivity index (χ3v) is 11.7. The maximum atomic E-state index is 12.9. The molecule has 6 nitrogen and oxygen atoms in total. The molecule has 0 aliphatic carbocycles. The van der Waals surface area contributed by atoms with Crippen molar-refractivity contribution in [2.75, 3.05) is 20.3 Å². The molecule has 0 saturated heterocycles. The minimum absolute atomic E-state index is 0.00810.